The number of hydrogen-bond donors (Lipinski definition) is 1. The maximum absolute atomic E-state index is 12.3. The van der Waals surface area contributed by atoms with Crippen LogP contribution in [0.25, 0.3) is 0 Å². The largest absolute Gasteiger partial charge is 0.489 e. The van der Waals surface area contributed by atoms with Gasteiger partial charge in [-0.15, -0.1) is 0 Å². The molecule has 3 aromatic carbocycles. The molecular formula is C20H16INO2. The third-order valence-electron chi connectivity index (χ3n) is 3.49. The molecule has 0 fully saturated rings. The van der Waals surface area contributed by atoms with E-state index in [1.54, 1.807) is 0 Å². The summed E-state index contributed by atoms with van der Waals surface area (Å²) in [4.78, 5) is 12.3. The predicted octanol–water partition coefficient (Wildman–Crippen LogP) is 5.12. The molecule has 0 unspecified atom stereocenters. The zero-order valence-electron chi connectivity index (χ0n) is 12.9. The number of anilines is 1. The SMILES string of the molecule is O=C(Nc1ccccc1I)c1ccc(COc2ccccc2)cc1. The molecule has 0 bridgehead atoms. The van der Waals surface area contributed by atoms with Gasteiger partial charge in [-0.1, -0.05) is 42.5 Å². The fourth-order valence-electron chi connectivity index (χ4n) is 2.19. The maximum atomic E-state index is 12.3. The predicted molar refractivity (Wildman–Crippen MR) is 104 cm³/mol. The average molecular weight is 429 g/mol. The van der Waals surface area contributed by atoms with Crippen molar-refractivity contribution in [1.29, 1.82) is 0 Å². The van der Waals surface area contributed by atoms with Gasteiger partial charge < -0.3 is 10.1 Å². The Hall–Kier alpha value is -2.34. The van der Waals surface area contributed by atoms with Gasteiger partial charge in [0.25, 0.3) is 5.91 Å². The van der Waals surface area contributed by atoms with Crippen molar-refractivity contribution in [1.82, 2.24) is 0 Å². The van der Waals surface area contributed by atoms with Crippen molar-refractivity contribution in [3.8, 4) is 5.75 Å². The highest BCUT2D eigenvalue weighted by Crippen LogP contribution is 2.18. The number of halogens is 1. The van der Waals surface area contributed by atoms with Gasteiger partial charge in [-0.05, 0) is 64.6 Å². The molecule has 4 heteroatoms. The molecule has 3 nitrogen and oxygen atoms in total. The summed E-state index contributed by atoms with van der Waals surface area (Å²) in [5.41, 5.74) is 2.46. The highest BCUT2D eigenvalue weighted by molar-refractivity contribution is 14.1. The molecule has 1 N–H and O–H groups in total. The van der Waals surface area contributed by atoms with Gasteiger partial charge in [0.1, 0.15) is 12.4 Å². The molecule has 0 atom stereocenters. The number of amides is 1. The monoisotopic (exact) mass is 429 g/mol. The molecule has 0 aliphatic carbocycles. The van der Waals surface area contributed by atoms with Crippen LogP contribution in [-0.4, -0.2) is 5.91 Å². The Labute approximate surface area is 154 Å². The zero-order valence-corrected chi connectivity index (χ0v) is 15.1. The molecule has 0 radical (unpaired) electrons. The number of para-hydroxylation sites is 2. The second-order valence-corrected chi connectivity index (χ2v) is 6.39. The van der Waals surface area contributed by atoms with Crippen molar-refractivity contribution in [2.24, 2.45) is 0 Å². The highest BCUT2D eigenvalue weighted by Gasteiger charge is 2.08. The van der Waals surface area contributed by atoms with E-state index in [9.17, 15) is 4.79 Å². The summed E-state index contributed by atoms with van der Waals surface area (Å²) in [6, 6.07) is 24.8. The Morgan fingerprint density at radius 2 is 1.54 bits per heavy atom. The first-order chi connectivity index (χ1) is 11.7. The lowest BCUT2D eigenvalue weighted by molar-refractivity contribution is 0.102. The lowest BCUT2D eigenvalue weighted by Gasteiger charge is -2.09. The first-order valence-corrected chi connectivity index (χ1v) is 8.63. The van der Waals surface area contributed by atoms with E-state index < -0.39 is 0 Å². The molecule has 0 aromatic heterocycles. The van der Waals surface area contributed by atoms with Gasteiger partial charge in [-0.3, -0.25) is 4.79 Å². The smallest absolute Gasteiger partial charge is 0.255 e. The lowest BCUT2D eigenvalue weighted by atomic mass is 10.1. The van der Waals surface area contributed by atoms with E-state index in [1.165, 1.54) is 0 Å². The molecule has 3 aromatic rings. The van der Waals surface area contributed by atoms with Crippen molar-refractivity contribution in [2.45, 2.75) is 6.61 Å². The molecule has 120 valence electrons. The summed E-state index contributed by atoms with van der Waals surface area (Å²) in [6.45, 7) is 0.475. The Morgan fingerprint density at radius 3 is 2.25 bits per heavy atom. The first-order valence-electron chi connectivity index (χ1n) is 7.55. The minimum atomic E-state index is -0.116. The fraction of sp³-hybridized carbons (Fsp3) is 0.0500. The average Bonchev–Trinajstić information content (AvgIpc) is 2.63. The van der Waals surface area contributed by atoms with E-state index in [-0.39, 0.29) is 5.91 Å². The number of hydrogen-bond acceptors (Lipinski definition) is 2. The molecular weight excluding hydrogens is 413 g/mol. The highest BCUT2D eigenvalue weighted by atomic mass is 127. The van der Waals surface area contributed by atoms with Gasteiger partial charge in [0.05, 0.1) is 5.69 Å². The number of carbonyl (C=O) groups is 1. The van der Waals surface area contributed by atoms with Gasteiger partial charge in [0.15, 0.2) is 0 Å². The summed E-state index contributed by atoms with van der Waals surface area (Å²) in [6.07, 6.45) is 0. The molecule has 3 rings (SSSR count). The quantitative estimate of drug-likeness (QED) is 0.572. The van der Waals surface area contributed by atoms with E-state index >= 15 is 0 Å². The lowest BCUT2D eigenvalue weighted by Crippen LogP contribution is -2.12. The van der Waals surface area contributed by atoms with Crippen LogP contribution in [0.5, 0.6) is 5.75 Å². The van der Waals surface area contributed by atoms with Crippen molar-refractivity contribution in [3.05, 3.63) is 93.6 Å². The molecule has 0 aliphatic heterocycles. The molecule has 24 heavy (non-hydrogen) atoms. The van der Waals surface area contributed by atoms with Crippen LogP contribution in [0.15, 0.2) is 78.9 Å². The Balaban J connectivity index is 1.61. The van der Waals surface area contributed by atoms with Crippen LogP contribution >= 0.6 is 22.6 Å². The van der Waals surface area contributed by atoms with Crippen LogP contribution in [0.1, 0.15) is 15.9 Å². The molecule has 0 saturated carbocycles. The van der Waals surface area contributed by atoms with Crippen molar-refractivity contribution < 1.29 is 9.53 Å². The summed E-state index contributed by atoms with van der Waals surface area (Å²) < 4.78 is 6.71. The number of carbonyl (C=O) groups excluding carboxylic acids is 1. The third-order valence-corrected chi connectivity index (χ3v) is 4.43. The fourth-order valence-corrected chi connectivity index (χ4v) is 2.72. The van der Waals surface area contributed by atoms with Gasteiger partial charge in [-0.2, -0.15) is 0 Å². The summed E-state index contributed by atoms with van der Waals surface area (Å²) in [5.74, 6) is 0.715. The molecule has 0 saturated heterocycles. The van der Waals surface area contributed by atoms with E-state index in [0.29, 0.717) is 12.2 Å². The van der Waals surface area contributed by atoms with Crippen LogP contribution in [0.4, 0.5) is 5.69 Å². The van der Waals surface area contributed by atoms with Crippen LogP contribution < -0.4 is 10.1 Å². The Bertz CT molecular complexity index is 817. The molecule has 0 aliphatic rings. The number of nitrogens with one attached hydrogen (secondary N) is 1. The number of rotatable bonds is 5. The molecule has 1 amide bonds. The van der Waals surface area contributed by atoms with Gasteiger partial charge >= 0.3 is 0 Å². The van der Waals surface area contributed by atoms with Crippen LogP contribution in [0, 0.1) is 3.57 Å². The van der Waals surface area contributed by atoms with Crippen molar-refractivity contribution in [2.75, 3.05) is 5.32 Å². The molecule has 0 heterocycles. The van der Waals surface area contributed by atoms with Crippen molar-refractivity contribution >= 4 is 34.2 Å². The minimum Gasteiger partial charge on any atom is -0.489 e. The van der Waals surface area contributed by atoms with Crippen molar-refractivity contribution in [3.63, 3.8) is 0 Å². The first kappa shape index (κ1) is 16.5. The van der Waals surface area contributed by atoms with Crippen LogP contribution in [0.2, 0.25) is 0 Å². The summed E-state index contributed by atoms with van der Waals surface area (Å²) >= 11 is 2.20. The van der Waals surface area contributed by atoms with E-state index in [4.69, 9.17) is 4.74 Å². The summed E-state index contributed by atoms with van der Waals surface area (Å²) in [7, 11) is 0. The van der Waals surface area contributed by atoms with Gasteiger partial charge in [-0.25, -0.2) is 0 Å². The van der Waals surface area contributed by atoms with Crippen LogP contribution in [0.3, 0.4) is 0 Å². The van der Waals surface area contributed by atoms with E-state index in [2.05, 4.69) is 27.9 Å². The number of benzene rings is 3. The standard InChI is InChI=1S/C20H16INO2/c21-18-8-4-5-9-19(18)22-20(23)16-12-10-15(11-13-16)14-24-17-6-2-1-3-7-17/h1-13H,14H2,(H,22,23). The minimum absolute atomic E-state index is 0.116. The number of ether oxygens (including phenoxy) is 1. The zero-order chi connectivity index (χ0) is 16.8. The second-order valence-electron chi connectivity index (χ2n) is 5.23. The second kappa shape index (κ2) is 7.97. The van der Waals surface area contributed by atoms with E-state index in [0.717, 1.165) is 20.6 Å². The normalized spacial score (nSPS) is 10.2. The van der Waals surface area contributed by atoms with Crippen LogP contribution in [-0.2, 0) is 6.61 Å². The molecule has 0 spiro atoms. The topological polar surface area (TPSA) is 38.3 Å². The van der Waals surface area contributed by atoms with E-state index in [1.807, 2.05) is 78.9 Å². The summed E-state index contributed by atoms with van der Waals surface area (Å²) in [5, 5.41) is 2.93. The van der Waals surface area contributed by atoms with Gasteiger partial charge in [0.2, 0.25) is 0 Å². The Morgan fingerprint density at radius 1 is 0.875 bits per heavy atom. The Kier molecular flexibility index (Phi) is 5.48. The maximum Gasteiger partial charge on any atom is 0.255 e. The third kappa shape index (κ3) is 4.35. The van der Waals surface area contributed by atoms with Gasteiger partial charge in [0, 0.05) is 9.13 Å².